The molecule has 0 radical (unpaired) electrons. The highest BCUT2D eigenvalue weighted by Crippen LogP contribution is 2.03. The van der Waals surface area contributed by atoms with Gasteiger partial charge in [-0.05, 0) is 45.1 Å². The van der Waals surface area contributed by atoms with Gasteiger partial charge in [0.2, 0.25) is 0 Å². The van der Waals surface area contributed by atoms with E-state index in [0.29, 0.717) is 4.95 Å². The second-order valence-electron chi connectivity index (χ2n) is 4.33. The Kier molecular flexibility index (Phi) is 9.12. The molecule has 0 amide bonds. The van der Waals surface area contributed by atoms with Crippen LogP contribution in [0.3, 0.4) is 0 Å². The Morgan fingerprint density at radius 3 is 2.61 bits per heavy atom. The molecule has 1 rings (SSSR count). The van der Waals surface area contributed by atoms with Gasteiger partial charge in [-0.3, -0.25) is 0 Å². The maximum atomic E-state index is 3.65. The Hall–Kier alpha value is -0.420. The first-order chi connectivity index (χ1) is 8.83. The summed E-state index contributed by atoms with van der Waals surface area (Å²) in [7, 11) is 1.99. The van der Waals surface area contributed by atoms with Crippen molar-refractivity contribution in [2.24, 2.45) is 0 Å². The molecule has 0 aliphatic heterocycles. The molecule has 0 saturated heterocycles. The summed E-state index contributed by atoms with van der Waals surface area (Å²) in [5.41, 5.74) is 1.32. The zero-order valence-corrected chi connectivity index (χ0v) is 12.7. The maximum absolute atomic E-state index is 3.65. The molecule has 18 heavy (non-hydrogen) atoms. The lowest BCUT2D eigenvalue weighted by Crippen LogP contribution is -2.28. The molecule has 3 N–H and O–H groups in total. The molecular formula is C14H24BrN3. The summed E-state index contributed by atoms with van der Waals surface area (Å²) in [5.74, 6) is 0. The van der Waals surface area contributed by atoms with Crippen molar-refractivity contribution in [3.63, 3.8) is 0 Å². The quantitative estimate of drug-likeness (QED) is 0.352. The zero-order valence-electron chi connectivity index (χ0n) is 11.1. The SMILES string of the molecule is CNCCCNCCC(Br)NCc1ccccc1. The van der Waals surface area contributed by atoms with Gasteiger partial charge < -0.3 is 16.0 Å². The highest BCUT2D eigenvalue weighted by molar-refractivity contribution is 9.09. The summed E-state index contributed by atoms with van der Waals surface area (Å²) in [6, 6.07) is 10.5. The van der Waals surface area contributed by atoms with Gasteiger partial charge >= 0.3 is 0 Å². The number of nitrogens with one attached hydrogen (secondary N) is 3. The zero-order chi connectivity index (χ0) is 13.1. The third-order valence-corrected chi connectivity index (χ3v) is 3.51. The monoisotopic (exact) mass is 313 g/mol. The van der Waals surface area contributed by atoms with Crippen molar-refractivity contribution in [3.05, 3.63) is 35.9 Å². The van der Waals surface area contributed by atoms with Crippen LogP contribution in [0.15, 0.2) is 30.3 Å². The summed E-state index contributed by atoms with van der Waals surface area (Å²) in [6.45, 7) is 4.12. The van der Waals surface area contributed by atoms with Gasteiger partial charge in [-0.2, -0.15) is 0 Å². The van der Waals surface area contributed by atoms with Crippen LogP contribution in [-0.4, -0.2) is 31.6 Å². The topological polar surface area (TPSA) is 36.1 Å². The lowest BCUT2D eigenvalue weighted by atomic mass is 10.2. The largest absolute Gasteiger partial charge is 0.320 e. The molecule has 0 saturated carbocycles. The van der Waals surface area contributed by atoms with Gasteiger partial charge in [0.1, 0.15) is 0 Å². The van der Waals surface area contributed by atoms with Gasteiger partial charge in [0, 0.05) is 6.54 Å². The van der Waals surface area contributed by atoms with Gasteiger partial charge in [0.15, 0.2) is 0 Å². The second kappa shape index (κ2) is 10.5. The molecule has 0 spiro atoms. The number of rotatable bonds is 10. The van der Waals surface area contributed by atoms with Gasteiger partial charge in [0.05, 0.1) is 4.95 Å². The minimum atomic E-state index is 0.370. The molecule has 3 nitrogen and oxygen atoms in total. The van der Waals surface area contributed by atoms with Crippen molar-refractivity contribution in [2.75, 3.05) is 26.7 Å². The highest BCUT2D eigenvalue weighted by Gasteiger charge is 2.02. The van der Waals surface area contributed by atoms with Crippen LogP contribution in [0.25, 0.3) is 0 Å². The molecule has 0 fully saturated rings. The highest BCUT2D eigenvalue weighted by atomic mass is 79.9. The second-order valence-corrected chi connectivity index (χ2v) is 5.44. The smallest absolute Gasteiger partial charge is 0.0645 e. The van der Waals surface area contributed by atoms with Crippen LogP contribution in [0.1, 0.15) is 18.4 Å². The Labute approximate surface area is 119 Å². The molecule has 1 unspecified atom stereocenters. The molecule has 1 atom stereocenters. The fourth-order valence-corrected chi connectivity index (χ4v) is 2.06. The number of benzene rings is 1. The Bertz CT molecular complexity index is 292. The van der Waals surface area contributed by atoms with Crippen LogP contribution >= 0.6 is 15.9 Å². The van der Waals surface area contributed by atoms with Crippen molar-refractivity contribution < 1.29 is 0 Å². The first kappa shape index (κ1) is 15.6. The molecule has 0 aliphatic rings. The average molecular weight is 314 g/mol. The molecule has 0 aromatic heterocycles. The molecular weight excluding hydrogens is 290 g/mol. The van der Waals surface area contributed by atoms with Crippen LogP contribution < -0.4 is 16.0 Å². The van der Waals surface area contributed by atoms with Crippen LogP contribution in [-0.2, 0) is 6.54 Å². The van der Waals surface area contributed by atoms with E-state index in [4.69, 9.17) is 0 Å². The minimum absolute atomic E-state index is 0.370. The van der Waals surface area contributed by atoms with E-state index in [2.05, 4.69) is 56.1 Å². The van der Waals surface area contributed by atoms with Gasteiger partial charge in [-0.15, -0.1) is 0 Å². The summed E-state index contributed by atoms with van der Waals surface area (Å²) in [4.78, 5) is 0.370. The molecule has 4 heteroatoms. The summed E-state index contributed by atoms with van der Waals surface area (Å²) in [6.07, 6.45) is 2.27. The van der Waals surface area contributed by atoms with E-state index in [1.54, 1.807) is 0 Å². The molecule has 102 valence electrons. The van der Waals surface area contributed by atoms with Crippen molar-refractivity contribution in [1.29, 1.82) is 0 Å². The van der Waals surface area contributed by atoms with Gasteiger partial charge in [-0.25, -0.2) is 0 Å². The molecule has 0 bridgehead atoms. The number of hydrogen-bond donors (Lipinski definition) is 3. The van der Waals surface area contributed by atoms with E-state index in [1.807, 2.05) is 13.1 Å². The lowest BCUT2D eigenvalue weighted by Gasteiger charge is -2.12. The molecule has 1 aromatic carbocycles. The standard InChI is InChI=1S/C14H24BrN3/c1-16-9-5-10-17-11-8-14(15)18-12-13-6-3-2-4-7-13/h2-4,6-7,14,16-18H,5,8-12H2,1H3. The number of halogens is 1. The van der Waals surface area contributed by atoms with Crippen LogP contribution in [0.2, 0.25) is 0 Å². The van der Waals surface area contributed by atoms with Gasteiger partial charge in [-0.1, -0.05) is 46.3 Å². The van der Waals surface area contributed by atoms with Crippen molar-refractivity contribution in [3.8, 4) is 0 Å². The third-order valence-electron chi connectivity index (χ3n) is 2.73. The van der Waals surface area contributed by atoms with E-state index >= 15 is 0 Å². The minimum Gasteiger partial charge on any atom is -0.320 e. The first-order valence-corrected chi connectivity index (χ1v) is 7.51. The lowest BCUT2D eigenvalue weighted by molar-refractivity contribution is 0.560. The van der Waals surface area contributed by atoms with Crippen molar-refractivity contribution in [2.45, 2.75) is 24.3 Å². The maximum Gasteiger partial charge on any atom is 0.0645 e. The van der Waals surface area contributed by atoms with Crippen LogP contribution in [0.5, 0.6) is 0 Å². The first-order valence-electron chi connectivity index (χ1n) is 6.59. The normalized spacial score (nSPS) is 12.6. The Morgan fingerprint density at radius 1 is 1.11 bits per heavy atom. The fourth-order valence-electron chi connectivity index (χ4n) is 1.67. The average Bonchev–Trinajstić information content (AvgIpc) is 2.41. The summed E-state index contributed by atoms with van der Waals surface area (Å²) in [5, 5.41) is 10.0. The van der Waals surface area contributed by atoms with E-state index in [-0.39, 0.29) is 0 Å². The predicted molar refractivity (Wildman–Crippen MR) is 82.0 cm³/mol. The fraction of sp³-hybridized carbons (Fsp3) is 0.571. The predicted octanol–water partition coefficient (Wildman–Crippen LogP) is 2.09. The van der Waals surface area contributed by atoms with E-state index in [0.717, 1.165) is 32.6 Å². The number of alkyl halides is 1. The molecule has 0 aliphatic carbocycles. The van der Waals surface area contributed by atoms with Gasteiger partial charge in [0.25, 0.3) is 0 Å². The third kappa shape index (κ3) is 7.82. The molecule has 1 aromatic rings. The Balaban J connectivity index is 1.99. The Morgan fingerprint density at radius 2 is 1.89 bits per heavy atom. The summed E-state index contributed by atoms with van der Waals surface area (Å²) < 4.78 is 0. The van der Waals surface area contributed by atoms with E-state index in [1.165, 1.54) is 12.0 Å². The van der Waals surface area contributed by atoms with Crippen LogP contribution in [0.4, 0.5) is 0 Å². The molecule has 0 heterocycles. The summed E-state index contributed by atoms with van der Waals surface area (Å²) >= 11 is 3.65. The van der Waals surface area contributed by atoms with Crippen molar-refractivity contribution >= 4 is 15.9 Å². The van der Waals surface area contributed by atoms with Crippen LogP contribution in [0, 0.1) is 0 Å². The van der Waals surface area contributed by atoms with E-state index in [9.17, 15) is 0 Å². The van der Waals surface area contributed by atoms with Crippen molar-refractivity contribution in [1.82, 2.24) is 16.0 Å². The number of hydrogen-bond acceptors (Lipinski definition) is 3. The van der Waals surface area contributed by atoms with E-state index < -0.39 is 0 Å².